The number of nitrogens with zero attached hydrogens (tertiary/aromatic N) is 4. The molecule has 7 heteroatoms. The van der Waals surface area contributed by atoms with E-state index >= 15 is 0 Å². The summed E-state index contributed by atoms with van der Waals surface area (Å²) in [7, 11) is 0. The lowest BCUT2D eigenvalue weighted by molar-refractivity contribution is 0.322. The van der Waals surface area contributed by atoms with Gasteiger partial charge in [0, 0.05) is 25.2 Å². The Labute approximate surface area is 143 Å². The smallest absolute Gasteiger partial charge is 0.275 e. The third-order valence-corrected chi connectivity index (χ3v) is 5.59. The summed E-state index contributed by atoms with van der Waals surface area (Å²) in [6.07, 6.45) is 4.56. The summed E-state index contributed by atoms with van der Waals surface area (Å²) in [6.45, 7) is 5.27. The van der Waals surface area contributed by atoms with Crippen LogP contribution in [0.4, 0.5) is 5.13 Å². The second-order valence-electron chi connectivity index (χ2n) is 6.36. The van der Waals surface area contributed by atoms with Gasteiger partial charge in [0.1, 0.15) is 11.5 Å². The van der Waals surface area contributed by atoms with Gasteiger partial charge in [0.25, 0.3) is 5.56 Å². The molecule has 126 valence electrons. The molecule has 1 aliphatic heterocycles. The van der Waals surface area contributed by atoms with Crippen LogP contribution < -0.4 is 10.5 Å². The van der Waals surface area contributed by atoms with Crippen molar-refractivity contribution in [1.82, 2.24) is 14.6 Å². The first kappa shape index (κ1) is 15.4. The van der Waals surface area contributed by atoms with Crippen molar-refractivity contribution in [2.24, 2.45) is 5.92 Å². The minimum atomic E-state index is -0.143. The molecular formula is C17H20N4O2S. The number of piperidine rings is 1. The van der Waals surface area contributed by atoms with Crippen LogP contribution in [0.2, 0.25) is 0 Å². The Balaban J connectivity index is 1.74. The molecule has 0 radical (unpaired) electrons. The molecule has 4 rings (SSSR count). The Morgan fingerprint density at radius 2 is 2.25 bits per heavy atom. The van der Waals surface area contributed by atoms with Crippen molar-refractivity contribution >= 4 is 21.4 Å². The average molecular weight is 344 g/mol. The lowest BCUT2D eigenvalue weighted by atomic mass is 9.91. The van der Waals surface area contributed by atoms with Crippen LogP contribution in [-0.2, 0) is 6.42 Å². The van der Waals surface area contributed by atoms with E-state index < -0.39 is 0 Å². The predicted molar refractivity (Wildman–Crippen MR) is 93.7 cm³/mol. The monoisotopic (exact) mass is 344 g/mol. The topological polar surface area (TPSA) is 63.6 Å². The van der Waals surface area contributed by atoms with Crippen LogP contribution in [0.5, 0.6) is 0 Å². The van der Waals surface area contributed by atoms with E-state index in [0.717, 1.165) is 42.5 Å². The van der Waals surface area contributed by atoms with Gasteiger partial charge in [0.2, 0.25) is 10.1 Å². The van der Waals surface area contributed by atoms with Crippen LogP contribution in [0.1, 0.15) is 44.3 Å². The standard InChI is InChI=1S/C17H20N4O2S/c1-3-12-4-5-14(23-12)13-10-11(2)7-9-20(13)17-19-21-15(22)6-8-18-16(21)24-17/h4-6,8,11,13H,3,7,9-10H2,1-2H3. The SMILES string of the molecule is CCc1ccc(C2CC(C)CCN2c2nn3c(=O)ccnc3s2)o1. The molecule has 3 aromatic rings. The Morgan fingerprint density at radius 3 is 3.00 bits per heavy atom. The van der Waals surface area contributed by atoms with Gasteiger partial charge >= 0.3 is 0 Å². The molecular weight excluding hydrogens is 324 g/mol. The maximum absolute atomic E-state index is 12.0. The molecule has 2 unspecified atom stereocenters. The molecule has 0 amide bonds. The zero-order valence-corrected chi connectivity index (χ0v) is 14.6. The number of aryl methyl sites for hydroxylation is 1. The zero-order valence-electron chi connectivity index (χ0n) is 13.8. The number of furan rings is 1. The van der Waals surface area contributed by atoms with Gasteiger partial charge in [-0.25, -0.2) is 4.98 Å². The van der Waals surface area contributed by atoms with Crippen LogP contribution in [0.25, 0.3) is 4.96 Å². The molecule has 4 heterocycles. The zero-order chi connectivity index (χ0) is 16.7. The van der Waals surface area contributed by atoms with Gasteiger partial charge in [-0.05, 0) is 30.9 Å². The summed E-state index contributed by atoms with van der Waals surface area (Å²) in [6, 6.07) is 5.72. The normalized spacial score (nSPS) is 21.5. The largest absolute Gasteiger partial charge is 0.464 e. The highest BCUT2D eigenvalue weighted by Crippen LogP contribution is 2.39. The second-order valence-corrected chi connectivity index (χ2v) is 7.29. The fourth-order valence-electron chi connectivity index (χ4n) is 3.25. The number of hydrogen-bond acceptors (Lipinski definition) is 6. The van der Waals surface area contributed by atoms with Gasteiger partial charge in [0.05, 0.1) is 6.04 Å². The number of aromatic nitrogens is 3. The Bertz CT molecular complexity index is 913. The van der Waals surface area contributed by atoms with Crippen molar-refractivity contribution < 1.29 is 4.42 Å². The summed E-state index contributed by atoms with van der Waals surface area (Å²) in [5.74, 6) is 2.62. The number of hydrogen-bond donors (Lipinski definition) is 0. The van der Waals surface area contributed by atoms with Crippen LogP contribution in [-0.4, -0.2) is 21.1 Å². The fourth-order valence-corrected chi connectivity index (χ4v) is 4.21. The van der Waals surface area contributed by atoms with Gasteiger partial charge in [-0.15, -0.1) is 5.10 Å². The first-order valence-corrected chi connectivity index (χ1v) is 9.17. The van der Waals surface area contributed by atoms with E-state index in [4.69, 9.17) is 4.42 Å². The molecule has 1 fully saturated rings. The molecule has 24 heavy (non-hydrogen) atoms. The van der Waals surface area contributed by atoms with Gasteiger partial charge in [-0.3, -0.25) is 4.79 Å². The van der Waals surface area contributed by atoms with E-state index in [-0.39, 0.29) is 11.6 Å². The predicted octanol–water partition coefficient (Wildman–Crippen LogP) is 3.28. The third-order valence-electron chi connectivity index (χ3n) is 4.63. The minimum absolute atomic E-state index is 0.143. The van der Waals surface area contributed by atoms with Gasteiger partial charge in [0.15, 0.2) is 0 Å². The van der Waals surface area contributed by atoms with Crippen LogP contribution in [0, 0.1) is 5.92 Å². The summed E-state index contributed by atoms with van der Waals surface area (Å²) >= 11 is 1.46. The van der Waals surface area contributed by atoms with E-state index in [0.29, 0.717) is 10.9 Å². The Morgan fingerprint density at radius 1 is 1.38 bits per heavy atom. The van der Waals surface area contributed by atoms with E-state index in [1.165, 1.54) is 28.1 Å². The molecule has 0 saturated carbocycles. The Kier molecular flexibility index (Phi) is 3.88. The molecule has 0 bridgehead atoms. The summed E-state index contributed by atoms with van der Waals surface area (Å²) in [5, 5.41) is 5.34. The van der Waals surface area contributed by atoms with Gasteiger partial charge in [-0.1, -0.05) is 25.2 Å². The van der Waals surface area contributed by atoms with Crippen molar-refractivity contribution in [2.75, 3.05) is 11.4 Å². The molecule has 6 nitrogen and oxygen atoms in total. The van der Waals surface area contributed by atoms with E-state index in [9.17, 15) is 4.79 Å². The van der Waals surface area contributed by atoms with Crippen LogP contribution >= 0.6 is 11.3 Å². The highest BCUT2D eigenvalue weighted by molar-refractivity contribution is 7.20. The summed E-state index contributed by atoms with van der Waals surface area (Å²) in [5.41, 5.74) is -0.143. The minimum Gasteiger partial charge on any atom is -0.464 e. The fraction of sp³-hybridized carbons (Fsp3) is 0.471. The number of anilines is 1. The number of fused-ring (bicyclic) bond motifs is 1. The molecule has 1 aliphatic rings. The van der Waals surface area contributed by atoms with Gasteiger partial charge in [-0.2, -0.15) is 4.52 Å². The Hall–Kier alpha value is -2.15. The van der Waals surface area contributed by atoms with Crippen LogP contribution in [0.3, 0.4) is 0 Å². The third kappa shape index (κ3) is 2.62. The molecule has 0 aliphatic carbocycles. The van der Waals surface area contributed by atoms with Crippen molar-refractivity contribution in [1.29, 1.82) is 0 Å². The first-order valence-electron chi connectivity index (χ1n) is 8.36. The van der Waals surface area contributed by atoms with E-state index in [2.05, 4.69) is 41.0 Å². The lowest BCUT2D eigenvalue weighted by Crippen LogP contribution is -2.36. The molecule has 1 saturated heterocycles. The van der Waals surface area contributed by atoms with Crippen molar-refractivity contribution in [3.8, 4) is 0 Å². The number of rotatable bonds is 3. The maximum Gasteiger partial charge on any atom is 0.275 e. The summed E-state index contributed by atoms with van der Waals surface area (Å²) < 4.78 is 7.40. The average Bonchev–Trinajstić information content (AvgIpc) is 3.22. The molecule has 0 N–H and O–H groups in total. The second kappa shape index (κ2) is 6.05. The quantitative estimate of drug-likeness (QED) is 0.729. The lowest BCUT2D eigenvalue weighted by Gasteiger charge is -2.37. The molecule has 2 atom stereocenters. The van der Waals surface area contributed by atoms with Crippen molar-refractivity contribution in [3.63, 3.8) is 0 Å². The first-order chi connectivity index (χ1) is 11.7. The molecule has 0 aromatic carbocycles. The van der Waals surface area contributed by atoms with Gasteiger partial charge < -0.3 is 9.32 Å². The summed E-state index contributed by atoms with van der Waals surface area (Å²) in [4.78, 5) is 19.1. The highest BCUT2D eigenvalue weighted by Gasteiger charge is 2.32. The van der Waals surface area contributed by atoms with E-state index in [1.807, 2.05) is 0 Å². The van der Waals surface area contributed by atoms with E-state index in [1.54, 1.807) is 0 Å². The van der Waals surface area contributed by atoms with Crippen LogP contribution in [0.15, 0.2) is 33.6 Å². The van der Waals surface area contributed by atoms with Crippen molar-refractivity contribution in [3.05, 3.63) is 46.3 Å². The highest BCUT2D eigenvalue weighted by atomic mass is 32.1. The molecule has 0 spiro atoms. The maximum atomic E-state index is 12.0. The molecule has 3 aromatic heterocycles. The van der Waals surface area contributed by atoms with Crippen molar-refractivity contribution in [2.45, 2.75) is 39.2 Å².